The van der Waals surface area contributed by atoms with Crippen molar-refractivity contribution in [3.8, 4) is 0 Å². The van der Waals surface area contributed by atoms with Gasteiger partial charge in [0.1, 0.15) is 0 Å². The van der Waals surface area contributed by atoms with Gasteiger partial charge < -0.3 is 0 Å². The molecule has 0 saturated heterocycles. The molecule has 0 unspecified atom stereocenters. The van der Waals surface area contributed by atoms with E-state index in [0.29, 0.717) is 0 Å². The van der Waals surface area contributed by atoms with Gasteiger partial charge in [-0.15, -0.1) is 11.3 Å². The summed E-state index contributed by atoms with van der Waals surface area (Å²) in [5, 5.41) is 5.21. The molecule has 0 nitrogen and oxygen atoms in total. The van der Waals surface area contributed by atoms with Crippen LogP contribution in [0.1, 0.15) is 29.9 Å². The van der Waals surface area contributed by atoms with Crippen molar-refractivity contribution in [1.29, 1.82) is 0 Å². The van der Waals surface area contributed by atoms with Crippen LogP contribution in [0.4, 0.5) is 0 Å². The zero-order valence-corrected chi connectivity index (χ0v) is 15.9. The highest BCUT2D eigenvalue weighted by atomic mass is 32.1. The summed E-state index contributed by atoms with van der Waals surface area (Å²) in [6.07, 6.45) is 0. The fourth-order valence-electron chi connectivity index (χ4n) is 2.92. The van der Waals surface area contributed by atoms with E-state index in [1.165, 1.54) is 26.6 Å². The molecule has 0 radical (unpaired) electrons. The third kappa shape index (κ3) is 3.42. The third-order valence-electron chi connectivity index (χ3n) is 4.27. The molecule has 2 aromatic carbocycles. The van der Waals surface area contributed by atoms with Crippen molar-refractivity contribution >= 4 is 29.9 Å². The lowest BCUT2D eigenvalue weighted by Crippen LogP contribution is -2.26. The highest BCUT2D eigenvalue weighted by molar-refractivity contribution is 7.74. The first-order valence-corrected chi connectivity index (χ1v) is 10.2. The molecule has 0 N–H and O–H groups in total. The van der Waals surface area contributed by atoms with Crippen molar-refractivity contribution in [3.05, 3.63) is 82.0 Å². The summed E-state index contributed by atoms with van der Waals surface area (Å²) in [6.45, 7) is 9.10. The molecule has 1 aromatic heterocycles. The fourth-order valence-corrected chi connectivity index (χ4v) is 6.88. The Morgan fingerprint density at radius 1 is 0.739 bits per heavy atom. The second-order valence-electron chi connectivity index (χ2n) is 6.54. The van der Waals surface area contributed by atoms with E-state index in [1.54, 1.807) is 0 Å². The van der Waals surface area contributed by atoms with Crippen LogP contribution in [-0.4, -0.2) is 0 Å². The predicted molar refractivity (Wildman–Crippen MR) is 106 cm³/mol. The second-order valence-corrected chi connectivity index (χ2v) is 10.3. The van der Waals surface area contributed by atoms with Gasteiger partial charge in [0.2, 0.25) is 0 Å². The molecule has 0 aliphatic rings. The maximum atomic E-state index is 2.39. The minimum atomic E-state index is -0.459. The SMILES string of the molecule is Cc1ccc(P(c2ccc(C)cc2)C(C)(C)c2cccs2)cc1. The lowest BCUT2D eigenvalue weighted by Gasteiger charge is -2.35. The van der Waals surface area contributed by atoms with Gasteiger partial charge in [0, 0.05) is 10.0 Å². The molecule has 0 spiro atoms. The van der Waals surface area contributed by atoms with E-state index < -0.39 is 7.92 Å². The van der Waals surface area contributed by atoms with Gasteiger partial charge in [-0.05, 0) is 43.8 Å². The van der Waals surface area contributed by atoms with E-state index in [4.69, 9.17) is 0 Å². The van der Waals surface area contributed by atoms with Gasteiger partial charge in [0.05, 0.1) is 0 Å². The molecular formula is C21H23PS. The van der Waals surface area contributed by atoms with Crippen LogP contribution < -0.4 is 10.6 Å². The summed E-state index contributed by atoms with van der Waals surface area (Å²) in [6, 6.07) is 22.7. The Hall–Kier alpha value is -1.43. The first-order chi connectivity index (χ1) is 11.0. The smallest absolute Gasteiger partial charge is 0.0272 e. The Bertz CT molecular complexity index is 707. The number of hydrogen-bond acceptors (Lipinski definition) is 1. The van der Waals surface area contributed by atoms with Crippen LogP contribution >= 0.6 is 19.3 Å². The Morgan fingerprint density at radius 2 is 1.22 bits per heavy atom. The average Bonchev–Trinajstić information content (AvgIpc) is 3.06. The zero-order chi connectivity index (χ0) is 16.4. The maximum absolute atomic E-state index is 2.39. The predicted octanol–water partition coefficient (Wildman–Crippen LogP) is 5.73. The molecule has 118 valence electrons. The highest BCUT2D eigenvalue weighted by Gasteiger charge is 2.34. The van der Waals surface area contributed by atoms with E-state index in [1.807, 2.05) is 11.3 Å². The van der Waals surface area contributed by atoms with Crippen LogP contribution in [0.25, 0.3) is 0 Å². The topological polar surface area (TPSA) is 0 Å². The van der Waals surface area contributed by atoms with Crippen molar-refractivity contribution in [2.75, 3.05) is 0 Å². The summed E-state index contributed by atoms with van der Waals surface area (Å²) in [7, 11) is -0.459. The molecule has 3 rings (SSSR count). The van der Waals surface area contributed by atoms with Gasteiger partial charge in [0.25, 0.3) is 0 Å². The molecule has 0 atom stereocenters. The van der Waals surface area contributed by atoms with E-state index in [-0.39, 0.29) is 5.16 Å². The van der Waals surface area contributed by atoms with E-state index in [9.17, 15) is 0 Å². The zero-order valence-electron chi connectivity index (χ0n) is 14.2. The van der Waals surface area contributed by atoms with Crippen molar-refractivity contribution < 1.29 is 0 Å². The van der Waals surface area contributed by atoms with Gasteiger partial charge in [0.15, 0.2) is 0 Å². The van der Waals surface area contributed by atoms with Crippen molar-refractivity contribution in [1.82, 2.24) is 0 Å². The Morgan fingerprint density at radius 3 is 1.61 bits per heavy atom. The molecular weight excluding hydrogens is 315 g/mol. The first-order valence-electron chi connectivity index (χ1n) is 7.96. The van der Waals surface area contributed by atoms with Crippen LogP contribution in [-0.2, 0) is 5.16 Å². The van der Waals surface area contributed by atoms with Crippen LogP contribution in [0.3, 0.4) is 0 Å². The quantitative estimate of drug-likeness (QED) is 0.533. The molecule has 23 heavy (non-hydrogen) atoms. The van der Waals surface area contributed by atoms with Gasteiger partial charge in [-0.3, -0.25) is 0 Å². The van der Waals surface area contributed by atoms with Crippen LogP contribution in [0.15, 0.2) is 66.0 Å². The molecule has 0 saturated carbocycles. The number of thiophene rings is 1. The van der Waals surface area contributed by atoms with Crippen LogP contribution in [0.2, 0.25) is 0 Å². The normalized spacial score (nSPS) is 11.9. The maximum Gasteiger partial charge on any atom is 0.0272 e. The summed E-state index contributed by atoms with van der Waals surface area (Å²) in [5.74, 6) is 0. The minimum Gasteiger partial charge on any atom is -0.148 e. The van der Waals surface area contributed by atoms with Gasteiger partial charge >= 0.3 is 0 Å². The molecule has 0 fully saturated rings. The second kappa shape index (κ2) is 6.59. The van der Waals surface area contributed by atoms with E-state index in [2.05, 4.69) is 93.7 Å². The lowest BCUT2D eigenvalue weighted by molar-refractivity contribution is 0.791. The van der Waals surface area contributed by atoms with Gasteiger partial charge in [-0.25, -0.2) is 0 Å². The summed E-state index contributed by atoms with van der Waals surface area (Å²) < 4.78 is 0. The standard InChI is InChI=1S/C21H23PS/c1-16-7-11-18(12-8-16)22(19-13-9-17(2)10-14-19)21(3,4)20-6-5-15-23-20/h5-15H,1-4H3. The summed E-state index contributed by atoms with van der Waals surface area (Å²) >= 11 is 1.87. The van der Waals surface area contributed by atoms with Crippen molar-refractivity contribution in [3.63, 3.8) is 0 Å². The average molecular weight is 338 g/mol. The number of hydrogen-bond donors (Lipinski definition) is 0. The Kier molecular flexibility index (Phi) is 4.71. The van der Waals surface area contributed by atoms with Gasteiger partial charge in [-0.1, -0.05) is 79.6 Å². The molecule has 0 amide bonds. The summed E-state index contributed by atoms with van der Waals surface area (Å²) in [5.41, 5.74) is 2.64. The number of rotatable bonds is 4. The molecule has 0 bridgehead atoms. The monoisotopic (exact) mass is 338 g/mol. The first kappa shape index (κ1) is 16.4. The van der Waals surface area contributed by atoms with E-state index in [0.717, 1.165) is 0 Å². The Balaban J connectivity index is 2.13. The van der Waals surface area contributed by atoms with Crippen LogP contribution in [0, 0.1) is 13.8 Å². The van der Waals surface area contributed by atoms with Crippen molar-refractivity contribution in [2.24, 2.45) is 0 Å². The largest absolute Gasteiger partial charge is 0.148 e. The van der Waals surface area contributed by atoms with E-state index >= 15 is 0 Å². The minimum absolute atomic E-state index is 0.119. The lowest BCUT2D eigenvalue weighted by atomic mass is 10.2. The summed E-state index contributed by atoms with van der Waals surface area (Å²) in [4.78, 5) is 1.46. The molecule has 3 aromatic rings. The Labute approximate surface area is 145 Å². The molecule has 2 heteroatoms. The van der Waals surface area contributed by atoms with Crippen molar-refractivity contribution in [2.45, 2.75) is 32.9 Å². The third-order valence-corrected chi connectivity index (χ3v) is 8.60. The fraction of sp³-hybridized carbons (Fsp3) is 0.238. The highest BCUT2D eigenvalue weighted by Crippen LogP contribution is 2.55. The number of benzene rings is 2. The van der Waals surface area contributed by atoms with Gasteiger partial charge in [-0.2, -0.15) is 0 Å². The molecule has 1 heterocycles. The molecule has 0 aliphatic carbocycles. The number of aryl methyl sites for hydroxylation is 2. The van der Waals surface area contributed by atoms with Crippen LogP contribution in [0.5, 0.6) is 0 Å². The molecule has 0 aliphatic heterocycles.